The highest BCUT2D eigenvalue weighted by Crippen LogP contribution is 2.40. The van der Waals surface area contributed by atoms with E-state index in [9.17, 15) is 0 Å². The normalized spacial score (nSPS) is 14.8. The highest BCUT2D eigenvalue weighted by atomic mass is 31.1. The average molecular weight is 240 g/mol. The fraction of sp³-hybridized carbons (Fsp3) is 1.00. The second-order valence-electron chi connectivity index (χ2n) is 5.03. The van der Waals surface area contributed by atoms with Crippen molar-refractivity contribution in [1.29, 1.82) is 0 Å². The lowest BCUT2D eigenvalue weighted by atomic mass is 9.78. The summed E-state index contributed by atoms with van der Waals surface area (Å²) in [6, 6.07) is 0. The Bertz CT molecular complexity index is 147. The van der Waals surface area contributed by atoms with Gasteiger partial charge in [0, 0.05) is 0 Å². The van der Waals surface area contributed by atoms with E-state index in [0.717, 1.165) is 8.58 Å². The van der Waals surface area contributed by atoms with Crippen molar-refractivity contribution < 1.29 is 0 Å². The van der Waals surface area contributed by atoms with Crippen molar-refractivity contribution in [3.05, 3.63) is 0 Å². The van der Waals surface area contributed by atoms with E-state index in [4.69, 9.17) is 7.85 Å². The van der Waals surface area contributed by atoms with Crippen LogP contribution in [0.5, 0.6) is 0 Å². The molecule has 0 aromatic rings. The van der Waals surface area contributed by atoms with Crippen molar-refractivity contribution >= 4 is 16.4 Å². The molecule has 0 amide bonds. The maximum Gasteiger partial charge on any atom is 0.0699 e. The van der Waals surface area contributed by atoms with Gasteiger partial charge in [-0.15, -0.1) is 8.58 Å². The SMILES string of the molecule is [B]C(CCCC)CCCC(CC)(CC)PC. The van der Waals surface area contributed by atoms with Crippen molar-refractivity contribution in [2.75, 3.05) is 6.66 Å². The van der Waals surface area contributed by atoms with Gasteiger partial charge in [-0.05, 0) is 31.1 Å². The summed E-state index contributed by atoms with van der Waals surface area (Å²) in [6.45, 7) is 9.29. The van der Waals surface area contributed by atoms with Crippen LogP contribution in [-0.2, 0) is 0 Å². The highest BCUT2D eigenvalue weighted by molar-refractivity contribution is 7.39. The van der Waals surface area contributed by atoms with Gasteiger partial charge in [0.1, 0.15) is 0 Å². The zero-order valence-electron chi connectivity index (χ0n) is 11.8. The lowest BCUT2D eigenvalue weighted by Gasteiger charge is -2.31. The molecule has 0 spiro atoms. The first kappa shape index (κ1) is 16.5. The van der Waals surface area contributed by atoms with Crippen LogP contribution < -0.4 is 0 Å². The molecule has 0 aromatic carbocycles. The van der Waals surface area contributed by atoms with Crippen LogP contribution in [0.3, 0.4) is 0 Å². The fourth-order valence-corrected chi connectivity index (χ4v) is 3.53. The Morgan fingerprint density at radius 3 is 2.06 bits per heavy atom. The zero-order chi connectivity index (χ0) is 12.4. The van der Waals surface area contributed by atoms with Gasteiger partial charge in [-0.2, -0.15) is 0 Å². The van der Waals surface area contributed by atoms with Gasteiger partial charge in [0.15, 0.2) is 0 Å². The molecule has 0 aliphatic heterocycles. The zero-order valence-corrected chi connectivity index (χ0v) is 12.8. The summed E-state index contributed by atoms with van der Waals surface area (Å²) in [6.07, 6.45) is 10.4. The summed E-state index contributed by atoms with van der Waals surface area (Å²) in [5, 5.41) is 0.629. The summed E-state index contributed by atoms with van der Waals surface area (Å²) in [4.78, 5) is 0. The van der Waals surface area contributed by atoms with Crippen molar-refractivity contribution in [3.63, 3.8) is 0 Å². The van der Waals surface area contributed by atoms with Crippen LogP contribution >= 0.6 is 8.58 Å². The Labute approximate surface area is 107 Å². The quantitative estimate of drug-likeness (QED) is 0.365. The molecule has 0 rings (SSSR count). The van der Waals surface area contributed by atoms with E-state index < -0.39 is 0 Å². The third kappa shape index (κ3) is 6.28. The van der Waals surface area contributed by atoms with Crippen LogP contribution in [-0.4, -0.2) is 19.7 Å². The van der Waals surface area contributed by atoms with Crippen molar-refractivity contribution in [3.8, 4) is 0 Å². The minimum atomic E-state index is 0.451. The van der Waals surface area contributed by atoms with Crippen LogP contribution in [0.15, 0.2) is 0 Å². The molecule has 2 unspecified atom stereocenters. The monoisotopic (exact) mass is 240 g/mol. The van der Waals surface area contributed by atoms with Crippen molar-refractivity contribution in [1.82, 2.24) is 0 Å². The van der Waals surface area contributed by atoms with Crippen LogP contribution in [0.2, 0.25) is 5.82 Å². The third-order valence-electron chi connectivity index (χ3n) is 4.04. The largest absolute Gasteiger partial charge is 0.119 e. The summed E-state index contributed by atoms with van der Waals surface area (Å²) in [5.74, 6) is 0.451. The highest BCUT2D eigenvalue weighted by Gasteiger charge is 2.23. The predicted molar refractivity (Wildman–Crippen MR) is 80.4 cm³/mol. The van der Waals surface area contributed by atoms with E-state index in [1.165, 1.54) is 51.4 Å². The second-order valence-corrected chi connectivity index (χ2v) is 6.59. The summed E-state index contributed by atoms with van der Waals surface area (Å²) in [7, 11) is 7.20. The maximum absolute atomic E-state index is 6.12. The number of hydrogen-bond donors (Lipinski definition) is 0. The first-order chi connectivity index (χ1) is 7.64. The minimum absolute atomic E-state index is 0.451. The first-order valence-corrected chi connectivity index (χ1v) is 8.58. The molecule has 0 bridgehead atoms. The van der Waals surface area contributed by atoms with Crippen LogP contribution in [0.1, 0.15) is 72.1 Å². The lowest BCUT2D eigenvalue weighted by Crippen LogP contribution is -2.20. The topological polar surface area (TPSA) is 0 Å². The number of rotatable bonds is 10. The molecule has 2 heteroatoms. The van der Waals surface area contributed by atoms with Crippen molar-refractivity contribution in [2.45, 2.75) is 83.1 Å². The van der Waals surface area contributed by atoms with E-state index in [-0.39, 0.29) is 0 Å². The van der Waals surface area contributed by atoms with Gasteiger partial charge in [-0.1, -0.05) is 58.7 Å². The van der Waals surface area contributed by atoms with Crippen LogP contribution in [0.25, 0.3) is 0 Å². The van der Waals surface area contributed by atoms with Gasteiger partial charge in [0.2, 0.25) is 0 Å². The number of hydrogen-bond acceptors (Lipinski definition) is 0. The molecular weight excluding hydrogens is 210 g/mol. The molecule has 0 aromatic heterocycles. The molecule has 16 heavy (non-hydrogen) atoms. The molecular formula is C14H30BP. The van der Waals surface area contributed by atoms with Crippen molar-refractivity contribution in [2.24, 2.45) is 0 Å². The Morgan fingerprint density at radius 2 is 1.62 bits per heavy atom. The Balaban J connectivity index is 3.77. The van der Waals surface area contributed by atoms with Crippen LogP contribution in [0.4, 0.5) is 0 Å². The predicted octanol–water partition coefficient (Wildman–Crippen LogP) is 5.17. The van der Waals surface area contributed by atoms with Gasteiger partial charge in [0.25, 0.3) is 0 Å². The molecule has 0 aliphatic rings. The van der Waals surface area contributed by atoms with E-state index in [1.54, 1.807) is 0 Å². The Kier molecular flexibility index (Phi) is 9.81. The van der Waals surface area contributed by atoms with E-state index in [2.05, 4.69) is 27.4 Å². The van der Waals surface area contributed by atoms with E-state index in [0.29, 0.717) is 11.0 Å². The minimum Gasteiger partial charge on any atom is -0.119 e. The third-order valence-corrected chi connectivity index (χ3v) is 6.06. The molecule has 0 N–H and O–H groups in total. The van der Waals surface area contributed by atoms with Crippen LogP contribution in [0, 0.1) is 0 Å². The van der Waals surface area contributed by atoms with Gasteiger partial charge < -0.3 is 0 Å². The van der Waals surface area contributed by atoms with Gasteiger partial charge in [-0.3, -0.25) is 0 Å². The number of unbranched alkanes of at least 4 members (excludes halogenated alkanes) is 1. The van der Waals surface area contributed by atoms with Gasteiger partial charge in [-0.25, -0.2) is 0 Å². The van der Waals surface area contributed by atoms with Gasteiger partial charge in [0.05, 0.1) is 7.85 Å². The van der Waals surface area contributed by atoms with Gasteiger partial charge >= 0.3 is 0 Å². The summed E-state index contributed by atoms with van der Waals surface area (Å²) >= 11 is 0. The van der Waals surface area contributed by atoms with E-state index >= 15 is 0 Å². The standard InChI is InChI=1S/C14H30BP/c1-5-8-10-13(15)11-9-12-14(6-2,7-3)16-4/h13,16H,5-12H2,1-4H3. The maximum atomic E-state index is 6.12. The molecule has 0 nitrogen and oxygen atoms in total. The summed E-state index contributed by atoms with van der Waals surface area (Å²) < 4.78 is 0. The first-order valence-electron chi connectivity index (χ1n) is 7.08. The molecule has 2 radical (unpaired) electrons. The molecule has 94 valence electrons. The molecule has 0 aliphatic carbocycles. The molecule has 0 fully saturated rings. The molecule has 0 saturated carbocycles. The van der Waals surface area contributed by atoms with E-state index in [1.807, 2.05) is 0 Å². The second kappa shape index (κ2) is 9.52. The molecule has 0 heterocycles. The fourth-order valence-electron chi connectivity index (χ4n) is 2.40. The molecule has 0 saturated heterocycles. The Hall–Kier alpha value is 0.495. The molecule has 2 atom stereocenters. The smallest absolute Gasteiger partial charge is 0.0699 e. The summed E-state index contributed by atoms with van der Waals surface area (Å²) in [5.41, 5.74) is 0. The Morgan fingerprint density at radius 1 is 1.06 bits per heavy atom. The average Bonchev–Trinajstić information content (AvgIpc) is 2.33. The lowest BCUT2D eigenvalue weighted by molar-refractivity contribution is 0.465.